The third-order valence-electron chi connectivity index (χ3n) is 4.46. The van der Waals surface area contributed by atoms with Gasteiger partial charge in [0.15, 0.2) is 0 Å². The molecular formula is C19H31NO. The second kappa shape index (κ2) is 6.93. The van der Waals surface area contributed by atoms with E-state index in [0.717, 1.165) is 13.0 Å². The van der Waals surface area contributed by atoms with E-state index in [0.29, 0.717) is 18.2 Å². The molecule has 0 radical (unpaired) electrons. The molecule has 1 aromatic rings. The molecule has 1 fully saturated rings. The van der Waals surface area contributed by atoms with Gasteiger partial charge in [0.2, 0.25) is 0 Å². The number of ether oxygens (including phenoxy) is 1. The minimum Gasteiger partial charge on any atom is -0.374 e. The molecule has 0 aromatic heterocycles. The van der Waals surface area contributed by atoms with Gasteiger partial charge in [-0.25, -0.2) is 0 Å². The normalized spacial score (nSPS) is 24.2. The van der Waals surface area contributed by atoms with Gasteiger partial charge in [0.05, 0.1) is 12.2 Å². The molecule has 0 spiro atoms. The van der Waals surface area contributed by atoms with Gasteiger partial charge in [-0.05, 0) is 49.3 Å². The van der Waals surface area contributed by atoms with Crippen LogP contribution in [0.25, 0.3) is 0 Å². The fourth-order valence-corrected chi connectivity index (χ4v) is 3.12. The predicted octanol–water partition coefficient (Wildman–Crippen LogP) is 4.07. The van der Waals surface area contributed by atoms with E-state index >= 15 is 0 Å². The van der Waals surface area contributed by atoms with Crippen molar-refractivity contribution in [2.75, 3.05) is 6.54 Å². The van der Waals surface area contributed by atoms with Crippen LogP contribution in [0.1, 0.15) is 58.6 Å². The van der Waals surface area contributed by atoms with Crippen molar-refractivity contribution in [3.8, 4) is 0 Å². The molecule has 2 heteroatoms. The van der Waals surface area contributed by atoms with Gasteiger partial charge in [-0.2, -0.15) is 0 Å². The molecule has 1 aliphatic rings. The topological polar surface area (TPSA) is 21.3 Å². The molecule has 1 N–H and O–H groups in total. The molecule has 21 heavy (non-hydrogen) atoms. The monoisotopic (exact) mass is 289 g/mol. The molecule has 2 rings (SSSR count). The lowest BCUT2D eigenvalue weighted by Gasteiger charge is -2.25. The zero-order chi connectivity index (χ0) is 15.5. The molecule has 118 valence electrons. The Balaban J connectivity index is 2.03. The third-order valence-corrected chi connectivity index (χ3v) is 4.46. The Hall–Kier alpha value is -0.860. The molecule has 0 saturated carbocycles. The minimum atomic E-state index is 0.226. The van der Waals surface area contributed by atoms with E-state index in [2.05, 4.69) is 64.2 Å². The van der Waals surface area contributed by atoms with Crippen LogP contribution in [-0.4, -0.2) is 24.8 Å². The SMILES string of the molecule is CCNC(Cc1ccc(C(C)(C)C)cc1)C1CCC(C)O1. The lowest BCUT2D eigenvalue weighted by Crippen LogP contribution is -2.41. The summed E-state index contributed by atoms with van der Waals surface area (Å²) in [6, 6.07) is 9.54. The van der Waals surface area contributed by atoms with E-state index in [9.17, 15) is 0 Å². The van der Waals surface area contributed by atoms with Gasteiger partial charge in [0.25, 0.3) is 0 Å². The number of nitrogens with one attached hydrogen (secondary N) is 1. The maximum absolute atomic E-state index is 6.06. The summed E-state index contributed by atoms with van der Waals surface area (Å²) in [5.74, 6) is 0. The molecule has 1 saturated heterocycles. The van der Waals surface area contributed by atoms with Crippen LogP contribution in [0.15, 0.2) is 24.3 Å². The first kappa shape index (κ1) is 16.5. The van der Waals surface area contributed by atoms with E-state index in [1.165, 1.54) is 24.0 Å². The van der Waals surface area contributed by atoms with Crippen LogP contribution in [0.4, 0.5) is 0 Å². The van der Waals surface area contributed by atoms with Crippen LogP contribution >= 0.6 is 0 Å². The molecule has 1 heterocycles. The van der Waals surface area contributed by atoms with Crippen LogP contribution in [0.2, 0.25) is 0 Å². The van der Waals surface area contributed by atoms with Crippen LogP contribution in [0.5, 0.6) is 0 Å². The van der Waals surface area contributed by atoms with Crippen molar-refractivity contribution in [3.63, 3.8) is 0 Å². The number of hydrogen-bond donors (Lipinski definition) is 1. The number of hydrogen-bond acceptors (Lipinski definition) is 2. The average molecular weight is 289 g/mol. The first-order chi connectivity index (χ1) is 9.90. The summed E-state index contributed by atoms with van der Waals surface area (Å²) in [5, 5.41) is 3.61. The number of rotatable bonds is 5. The summed E-state index contributed by atoms with van der Waals surface area (Å²) in [5.41, 5.74) is 3.03. The van der Waals surface area contributed by atoms with Crippen molar-refractivity contribution < 1.29 is 4.74 Å². The van der Waals surface area contributed by atoms with E-state index in [-0.39, 0.29) is 5.41 Å². The highest BCUT2D eigenvalue weighted by atomic mass is 16.5. The summed E-state index contributed by atoms with van der Waals surface area (Å²) in [6.07, 6.45) is 4.20. The largest absolute Gasteiger partial charge is 0.374 e. The van der Waals surface area contributed by atoms with Crippen molar-refractivity contribution in [1.82, 2.24) is 5.32 Å². The Morgan fingerprint density at radius 3 is 2.33 bits per heavy atom. The molecule has 3 atom stereocenters. The van der Waals surface area contributed by atoms with Crippen LogP contribution < -0.4 is 5.32 Å². The van der Waals surface area contributed by atoms with Crippen molar-refractivity contribution in [2.45, 2.75) is 77.5 Å². The van der Waals surface area contributed by atoms with Crippen LogP contribution in [-0.2, 0) is 16.6 Å². The van der Waals surface area contributed by atoms with Gasteiger partial charge in [0.1, 0.15) is 0 Å². The lowest BCUT2D eigenvalue weighted by atomic mass is 9.86. The summed E-state index contributed by atoms with van der Waals surface area (Å²) in [7, 11) is 0. The first-order valence-corrected chi connectivity index (χ1v) is 8.38. The van der Waals surface area contributed by atoms with E-state index in [1.807, 2.05) is 0 Å². The number of benzene rings is 1. The maximum atomic E-state index is 6.06. The summed E-state index contributed by atoms with van der Waals surface area (Å²) >= 11 is 0. The second-order valence-corrected chi connectivity index (χ2v) is 7.38. The molecule has 0 aliphatic carbocycles. The fourth-order valence-electron chi connectivity index (χ4n) is 3.12. The van der Waals surface area contributed by atoms with Crippen molar-refractivity contribution >= 4 is 0 Å². The summed E-state index contributed by atoms with van der Waals surface area (Å²) in [6.45, 7) is 12.1. The zero-order valence-corrected chi connectivity index (χ0v) is 14.3. The Morgan fingerprint density at radius 2 is 1.86 bits per heavy atom. The summed E-state index contributed by atoms with van der Waals surface area (Å²) in [4.78, 5) is 0. The van der Waals surface area contributed by atoms with Gasteiger partial charge in [-0.1, -0.05) is 52.0 Å². The van der Waals surface area contributed by atoms with Crippen LogP contribution in [0, 0.1) is 0 Å². The third kappa shape index (κ3) is 4.55. The van der Waals surface area contributed by atoms with Gasteiger partial charge in [-0.3, -0.25) is 0 Å². The molecule has 1 aromatic carbocycles. The zero-order valence-electron chi connectivity index (χ0n) is 14.3. The molecule has 0 amide bonds. The van der Waals surface area contributed by atoms with Crippen molar-refractivity contribution in [2.24, 2.45) is 0 Å². The van der Waals surface area contributed by atoms with Crippen molar-refractivity contribution in [1.29, 1.82) is 0 Å². The smallest absolute Gasteiger partial charge is 0.0735 e. The summed E-state index contributed by atoms with van der Waals surface area (Å²) < 4.78 is 6.06. The molecule has 0 bridgehead atoms. The van der Waals surface area contributed by atoms with Gasteiger partial charge in [0, 0.05) is 6.04 Å². The second-order valence-electron chi connectivity index (χ2n) is 7.38. The molecule has 1 aliphatic heterocycles. The van der Waals surface area contributed by atoms with Crippen molar-refractivity contribution in [3.05, 3.63) is 35.4 Å². The van der Waals surface area contributed by atoms with Gasteiger partial charge in [-0.15, -0.1) is 0 Å². The highest BCUT2D eigenvalue weighted by Crippen LogP contribution is 2.25. The Labute approximate surface area is 130 Å². The highest BCUT2D eigenvalue weighted by Gasteiger charge is 2.29. The van der Waals surface area contributed by atoms with E-state index in [1.54, 1.807) is 0 Å². The molecule has 3 unspecified atom stereocenters. The Bertz CT molecular complexity index is 432. The highest BCUT2D eigenvalue weighted by molar-refractivity contribution is 5.28. The molecular weight excluding hydrogens is 258 g/mol. The lowest BCUT2D eigenvalue weighted by molar-refractivity contribution is 0.0324. The minimum absolute atomic E-state index is 0.226. The average Bonchev–Trinajstić information content (AvgIpc) is 2.84. The standard InChI is InChI=1S/C19H31NO/c1-6-20-17(18-12-7-14(2)21-18)13-15-8-10-16(11-9-15)19(3,4)5/h8-11,14,17-18,20H,6-7,12-13H2,1-5H3. The predicted molar refractivity (Wildman–Crippen MR) is 89.9 cm³/mol. The van der Waals surface area contributed by atoms with Gasteiger partial charge >= 0.3 is 0 Å². The maximum Gasteiger partial charge on any atom is 0.0735 e. The Kier molecular flexibility index (Phi) is 5.45. The first-order valence-electron chi connectivity index (χ1n) is 8.38. The number of likely N-dealkylation sites (N-methyl/N-ethyl adjacent to an activating group) is 1. The van der Waals surface area contributed by atoms with Gasteiger partial charge < -0.3 is 10.1 Å². The van der Waals surface area contributed by atoms with E-state index in [4.69, 9.17) is 4.74 Å². The quantitative estimate of drug-likeness (QED) is 0.882. The Morgan fingerprint density at radius 1 is 1.19 bits per heavy atom. The molecule has 2 nitrogen and oxygen atoms in total. The van der Waals surface area contributed by atoms with Crippen LogP contribution in [0.3, 0.4) is 0 Å². The van der Waals surface area contributed by atoms with E-state index < -0.39 is 0 Å². The fraction of sp³-hybridized carbons (Fsp3) is 0.684.